The summed E-state index contributed by atoms with van der Waals surface area (Å²) in [7, 11) is 1.50. The first-order chi connectivity index (χ1) is 16.9. The lowest BCUT2D eigenvalue weighted by molar-refractivity contribution is -0.150. The predicted octanol–water partition coefficient (Wildman–Crippen LogP) is 6.05. The molecule has 1 atom stereocenters. The molecule has 0 saturated carbocycles. The zero-order valence-electron chi connectivity index (χ0n) is 18.9. The molecule has 3 aromatic carbocycles. The molecule has 4 aromatic rings. The lowest BCUT2D eigenvalue weighted by Crippen LogP contribution is -2.28. The van der Waals surface area contributed by atoms with Crippen LogP contribution in [0.15, 0.2) is 66.7 Å². The van der Waals surface area contributed by atoms with Crippen molar-refractivity contribution in [2.24, 2.45) is 0 Å². The number of Topliss-reactive ketones (excluding diaryl/α,β-unsaturated/α-hetero) is 1. The molecule has 0 bridgehead atoms. The van der Waals surface area contributed by atoms with E-state index in [1.807, 2.05) is 54.6 Å². The molecule has 1 heterocycles. The number of fused-ring (bicyclic) bond motifs is 1. The van der Waals surface area contributed by atoms with E-state index in [0.717, 1.165) is 32.2 Å². The second-order valence-electron chi connectivity index (χ2n) is 7.73. The molecule has 180 valence electrons. The van der Waals surface area contributed by atoms with Crippen LogP contribution in [0.2, 0.25) is 5.02 Å². The summed E-state index contributed by atoms with van der Waals surface area (Å²) >= 11 is 7.59. The normalized spacial score (nSPS) is 11.9. The number of aliphatic carboxylic acids is 1. The Bertz CT molecular complexity index is 1320. The molecule has 35 heavy (non-hydrogen) atoms. The number of anilines is 2. The minimum absolute atomic E-state index is 0.109. The lowest BCUT2D eigenvalue weighted by Gasteiger charge is -2.13. The second-order valence-corrected chi connectivity index (χ2v) is 9.20. The first-order valence-electron chi connectivity index (χ1n) is 10.8. The number of benzene rings is 3. The van der Waals surface area contributed by atoms with Crippen LogP contribution in [0, 0.1) is 0 Å². The van der Waals surface area contributed by atoms with Gasteiger partial charge in [-0.05, 0) is 41.5 Å². The van der Waals surface area contributed by atoms with Crippen molar-refractivity contribution in [3.05, 3.63) is 77.3 Å². The smallest absolute Gasteiger partial charge is 0.333 e. The largest absolute Gasteiger partial charge is 0.479 e. The van der Waals surface area contributed by atoms with Gasteiger partial charge in [0.15, 0.2) is 17.0 Å². The molecular weight excluding hydrogens is 488 g/mol. The SMILES string of the molecule is COCCOC(CC(=O)c1ccc(-c2ccc(Nc3nc4ccc(Cl)cc4s3)cc2)cc1)C(=O)O. The van der Waals surface area contributed by atoms with Gasteiger partial charge in [0, 0.05) is 29.8 Å². The number of hydrogen-bond donors (Lipinski definition) is 2. The van der Waals surface area contributed by atoms with Gasteiger partial charge in [-0.25, -0.2) is 9.78 Å². The average Bonchev–Trinajstić information content (AvgIpc) is 3.25. The van der Waals surface area contributed by atoms with Gasteiger partial charge in [0.2, 0.25) is 0 Å². The van der Waals surface area contributed by atoms with E-state index < -0.39 is 12.1 Å². The van der Waals surface area contributed by atoms with E-state index in [1.165, 1.54) is 18.4 Å². The van der Waals surface area contributed by atoms with Gasteiger partial charge in [0.1, 0.15) is 0 Å². The molecular formula is C26H23ClN2O5S. The highest BCUT2D eigenvalue weighted by Crippen LogP contribution is 2.31. The number of methoxy groups -OCH3 is 1. The van der Waals surface area contributed by atoms with Crippen LogP contribution in [-0.4, -0.2) is 48.3 Å². The van der Waals surface area contributed by atoms with Crippen molar-refractivity contribution >= 4 is 55.7 Å². The molecule has 0 radical (unpaired) electrons. The summed E-state index contributed by atoms with van der Waals surface area (Å²) in [4.78, 5) is 28.5. The Morgan fingerprint density at radius 1 is 1.03 bits per heavy atom. The molecule has 0 fully saturated rings. The van der Waals surface area contributed by atoms with Crippen LogP contribution in [0.3, 0.4) is 0 Å². The maximum atomic E-state index is 12.5. The van der Waals surface area contributed by atoms with Crippen molar-refractivity contribution in [1.82, 2.24) is 4.98 Å². The van der Waals surface area contributed by atoms with Crippen LogP contribution in [-0.2, 0) is 14.3 Å². The molecule has 0 amide bonds. The van der Waals surface area contributed by atoms with Crippen molar-refractivity contribution in [1.29, 1.82) is 0 Å². The maximum absolute atomic E-state index is 12.5. The Kier molecular flexibility index (Phi) is 8.09. The third kappa shape index (κ3) is 6.43. The van der Waals surface area contributed by atoms with E-state index in [0.29, 0.717) is 10.6 Å². The molecule has 1 aromatic heterocycles. The summed E-state index contributed by atoms with van der Waals surface area (Å²) in [5.41, 5.74) is 4.15. The van der Waals surface area contributed by atoms with Gasteiger partial charge in [-0.2, -0.15) is 0 Å². The number of carboxylic acid groups (broad SMARTS) is 1. The Morgan fingerprint density at radius 2 is 1.71 bits per heavy atom. The molecule has 0 aliphatic rings. The van der Waals surface area contributed by atoms with Crippen LogP contribution in [0.4, 0.5) is 10.8 Å². The van der Waals surface area contributed by atoms with Crippen molar-refractivity contribution in [2.75, 3.05) is 25.6 Å². The van der Waals surface area contributed by atoms with Crippen LogP contribution >= 0.6 is 22.9 Å². The highest BCUT2D eigenvalue weighted by Gasteiger charge is 2.22. The Morgan fingerprint density at radius 3 is 2.37 bits per heavy atom. The van der Waals surface area contributed by atoms with Crippen LogP contribution in [0.1, 0.15) is 16.8 Å². The molecule has 4 rings (SSSR count). The topological polar surface area (TPSA) is 97.8 Å². The Hall–Kier alpha value is -3.30. The number of aromatic nitrogens is 1. The third-order valence-corrected chi connectivity index (χ3v) is 6.45. The van der Waals surface area contributed by atoms with Gasteiger partial charge in [-0.1, -0.05) is 59.3 Å². The quantitative estimate of drug-likeness (QED) is 0.187. The number of carbonyl (C=O) groups is 2. The standard InChI is InChI=1S/C26H23ClN2O5S/c1-33-12-13-34-23(25(31)32)15-22(30)18-4-2-16(3-5-18)17-6-9-20(10-7-17)28-26-29-21-11-8-19(27)14-24(21)35-26/h2-11,14,23H,12-13,15H2,1H3,(H,28,29)(H,31,32). The second kappa shape index (κ2) is 11.4. The van der Waals surface area contributed by atoms with E-state index in [1.54, 1.807) is 12.1 Å². The number of carboxylic acids is 1. The van der Waals surface area contributed by atoms with Crippen LogP contribution in [0.25, 0.3) is 21.3 Å². The van der Waals surface area contributed by atoms with Crippen molar-refractivity contribution in [2.45, 2.75) is 12.5 Å². The molecule has 9 heteroatoms. The van der Waals surface area contributed by atoms with E-state index in [9.17, 15) is 14.7 Å². The lowest BCUT2D eigenvalue weighted by atomic mass is 10.00. The number of nitrogens with zero attached hydrogens (tertiary/aromatic N) is 1. The number of rotatable bonds is 11. The number of carbonyl (C=O) groups excluding carboxylic acids is 1. The molecule has 0 aliphatic heterocycles. The summed E-state index contributed by atoms with van der Waals surface area (Å²) in [5.74, 6) is -1.47. The number of ketones is 1. The van der Waals surface area contributed by atoms with Crippen molar-refractivity contribution in [3.8, 4) is 11.1 Å². The summed E-state index contributed by atoms with van der Waals surface area (Å²) in [6.07, 6.45) is -1.44. The number of nitrogens with one attached hydrogen (secondary N) is 1. The number of thiazole rings is 1. The van der Waals surface area contributed by atoms with Crippen LogP contribution < -0.4 is 5.32 Å². The number of ether oxygens (including phenoxy) is 2. The maximum Gasteiger partial charge on any atom is 0.333 e. The summed E-state index contributed by atoms with van der Waals surface area (Å²) < 4.78 is 11.1. The van der Waals surface area contributed by atoms with Gasteiger partial charge in [0.05, 0.1) is 23.4 Å². The highest BCUT2D eigenvalue weighted by molar-refractivity contribution is 7.22. The van der Waals surface area contributed by atoms with E-state index in [2.05, 4.69) is 10.3 Å². The van der Waals surface area contributed by atoms with E-state index >= 15 is 0 Å². The molecule has 0 aliphatic carbocycles. The summed E-state index contributed by atoms with van der Waals surface area (Å²) in [5, 5.41) is 14.1. The first kappa shape index (κ1) is 24.8. The molecule has 0 spiro atoms. The summed E-state index contributed by atoms with van der Waals surface area (Å²) in [6.45, 7) is 0.369. The Balaban J connectivity index is 1.39. The molecule has 7 nitrogen and oxygen atoms in total. The molecule has 1 unspecified atom stereocenters. The number of halogens is 1. The van der Waals surface area contributed by atoms with Crippen LogP contribution in [0.5, 0.6) is 0 Å². The van der Waals surface area contributed by atoms with E-state index in [4.69, 9.17) is 21.1 Å². The van der Waals surface area contributed by atoms with Crippen molar-refractivity contribution in [3.63, 3.8) is 0 Å². The predicted molar refractivity (Wildman–Crippen MR) is 138 cm³/mol. The average molecular weight is 511 g/mol. The molecule has 2 N–H and O–H groups in total. The van der Waals surface area contributed by atoms with Gasteiger partial charge in [-0.15, -0.1) is 0 Å². The fourth-order valence-corrected chi connectivity index (χ4v) is 4.61. The monoisotopic (exact) mass is 510 g/mol. The highest BCUT2D eigenvalue weighted by atomic mass is 35.5. The first-order valence-corrected chi connectivity index (χ1v) is 12.0. The van der Waals surface area contributed by atoms with Gasteiger partial charge >= 0.3 is 5.97 Å². The summed E-state index contributed by atoms with van der Waals surface area (Å²) in [6, 6.07) is 20.6. The molecule has 0 saturated heterocycles. The van der Waals surface area contributed by atoms with E-state index in [-0.39, 0.29) is 25.4 Å². The van der Waals surface area contributed by atoms with Crippen molar-refractivity contribution < 1.29 is 24.2 Å². The minimum Gasteiger partial charge on any atom is -0.479 e. The Labute approximate surface area is 211 Å². The zero-order valence-corrected chi connectivity index (χ0v) is 20.4. The fourth-order valence-electron chi connectivity index (χ4n) is 3.45. The third-order valence-electron chi connectivity index (χ3n) is 5.28. The minimum atomic E-state index is -1.20. The van der Waals surface area contributed by atoms with Gasteiger partial charge in [0.25, 0.3) is 0 Å². The fraction of sp³-hybridized carbons (Fsp3) is 0.192. The van der Waals surface area contributed by atoms with Gasteiger partial charge < -0.3 is 19.9 Å². The number of hydrogen-bond acceptors (Lipinski definition) is 7. The van der Waals surface area contributed by atoms with Gasteiger partial charge in [-0.3, -0.25) is 4.79 Å². The zero-order chi connectivity index (χ0) is 24.8.